The van der Waals surface area contributed by atoms with Crippen LogP contribution in [0.3, 0.4) is 0 Å². The van der Waals surface area contributed by atoms with Gasteiger partial charge in [-0.25, -0.2) is 0 Å². The van der Waals surface area contributed by atoms with Crippen molar-refractivity contribution < 1.29 is 19.1 Å². The smallest absolute Gasteiger partial charge is 0.326 e. The number of anilines is 1. The molecule has 0 spiro atoms. The van der Waals surface area contributed by atoms with Crippen molar-refractivity contribution in [2.45, 2.75) is 13.5 Å². The number of nitrogens with zero attached hydrogens (tertiary/aromatic N) is 4. The summed E-state index contributed by atoms with van der Waals surface area (Å²) in [4.78, 5) is 46.2. The Balaban J connectivity index is 1.34. The van der Waals surface area contributed by atoms with Crippen molar-refractivity contribution in [1.82, 2.24) is 9.47 Å². The molecule has 36 heavy (non-hydrogen) atoms. The number of ether oxygens (including phenoxy) is 1. The van der Waals surface area contributed by atoms with Gasteiger partial charge in [0.15, 0.2) is 4.80 Å². The normalized spacial score (nSPS) is 14.3. The third-order valence-electron chi connectivity index (χ3n) is 5.66. The first kappa shape index (κ1) is 26.4. The Labute approximate surface area is 226 Å². The number of para-hydroxylation sites is 1. The lowest BCUT2D eigenvalue weighted by molar-refractivity contribution is -0.143. The molecule has 0 aliphatic carbocycles. The average molecular weight is 592 g/mol. The summed E-state index contributed by atoms with van der Waals surface area (Å²) in [6, 6.07) is 15.9. The first-order valence-electron chi connectivity index (χ1n) is 11.6. The number of thioether (sulfide) groups is 1. The van der Waals surface area contributed by atoms with E-state index < -0.39 is 0 Å². The molecule has 8 nitrogen and oxygen atoms in total. The summed E-state index contributed by atoms with van der Waals surface area (Å²) in [6.07, 6.45) is 0. The highest BCUT2D eigenvalue weighted by Crippen LogP contribution is 2.22. The van der Waals surface area contributed by atoms with Crippen LogP contribution in [0.2, 0.25) is 0 Å². The Kier molecular flexibility index (Phi) is 9.22. The van der Waals surface area contributed by atoms with Crippen LogP contribution in [0.25, 0.3) is 10.2 Å². The Hall–Kier alpha value is -2.63. The van der Waals surface area contributed by atoms with Gasteiger partial charge in [0.25, 0.3) is 5.91 Å². The highest BCUT2D eigenvalue weighted by Gasteiger charge is 2.21. The van der Waals surface area contributed by atoms with Gasteiger partial charge in [0.1, 0.15) is 6.54 Å². The molecule has 190 valence electrons. The minimum Gasteiger partial charge on any atom is -0.465 e. The van der Waals surface area contributed by atoms with Crippen LogP contribution < -0.4 is 9.70 Å². The van der Waals surface area contributed by atoms with Crippen LogP contribution in [0.5, 0.6) is 0 Å². The van der Waals surface area contributed by atoms with Gasteiger partial charge in [-0.2, -0.15) is 4.99 Å². The summed E-state index contributed by atoms with van der Waals surface area (Å²) in [5, 5.41) is 0. The predicted octanol–water partition coefficient (Wildman–Crippen LogP) is 3.54. The van der Waals surface area contributed by atoms with Gasteiger partial charge in [-0.05, 0) is 37.3 Å². The van der Waals surface area contributed by atoms with Gasteiger partial charge in [0, 0.05) is 36.3 Å². The lowest BCUT2D eigenvalue weighted by Gasteiger charge is -2.36. The zero-order chi connectivity index (χ0) is 25.5. The van der Waals surface area contributed by atoms with E-state index in [1.54, 1.807) is 11.5 Å². The van der Waals surface area contributed by atoms with Crippen LogP contribution in [-0.4, -0.2) is 71.5 Å². The molecule has 1 aromatic heterocycles. The molecule has 2 heterocycles. The standard InChI is InChI=1S/C25H27BrN4O4S2/c1-2-34-24(33)15-30-20-9-8-18(26)14-21(20)36-25(30)27-22(31)16-35-17-23(32)29-12-10-28(11-13-29)19-6-4-3-5-7-19/h3-9,14H,2,10-13,15-17H2,1H3. The number of carbonyl (C=O) groups excluding carboxylic acids is 3. The number of aromatic nitrogens is 1. The van der Waals surface area contributed by atoms with Crippen molar-refractivity contribution in [3.63, 3.8) is 0 Å². The van der Waals surface area contributed by atoms with E-state index in [2.05, 4.69) is 38.0 Å². The number of esters is 1. The third kappa shape index (κ3) is 6.77. The number of halogens is 1. The molecule has 1 aliphatic rings. The number of amides is 2. The van der Waals surface area contributed by atoms with E-state index in [1.165, 1.54) is 28.8 Å². The molecule has 0 N–H and O–H groups in total. The third-order valence-corrected chi connectivity index (χ3v) is 8.10. The second kappa shape index (κ2) is 12.6. The minimum atomic E-state index is -0.388. The molecule has 11 heteroatoms. The number of carbonyl (C=O) groups is 3. The number of hydrogen-bond acceptors (Lipinski definition) is 7. The fraction of sp³-hybridized carbons (Fsp3) is 0.360. The molecule has 0 radical (unpaired) electrons. The number of piperazine rings is 1. The number of thiazole rings is 1. The Morgan fingerprint density at radius 2 is 1.81 bits per heavy atom. The van der Waals surface area contributed by atoms with Gasteiger partial charge >= 0.3 is 5.97 Å². The van der Waals surface area contributed by atoms with Gasteiger partial charge in [-0.15, -0.1) is 11.8 Å². The molecule has 4 rings (SSSR count). The van der Waals surface area contributed by atoms with Gasteiger partial charge in [-0.1, -0.05) is 45.5 Å². The van der Waals surface area contributed by atoms with E-state index in [0.717, 1.165) is 27.8 Å². The Morgan fingerprint density at radius 3 is 2.53 bits per heavy atom. The van der Waals surface area contributed by atoms with Gasteiger partial charge in [0.05, 0.1) is 28.3 Å². The summed E-state index contributed by atoms with van der Waals surface area (Å²) in [6.45, 7) is 4.92. The van der Waals surface area contributed by atoms with E-state index in [-0.39, 0.29) is 42.4 Å². The maximum atomic E-state index is 12.7. The lowest BCUT2D eigenvalue weighted by atomic mass is 10.2. The van der Waals surface area contributed by atoms with Gasteiger partial charge < -0.3 is 19.1 Å². The maximum Gasteiger partial charge on any atom is 0.326 e. The lowest BCUT2D eigenvalue weighted by Crippen LogP contribution is -2.49. The highest BCUT2D eigenvalue weighted by atomic mass is 79.9. The van der Waals surface area contributed by atoms with Crippen molar-refractivity contribution >= 4 is 72.7 Å². The van der Waals surface area contributed by atoms with Crippen LogP contribution in [0.4, 0.5) is 5.69 Å². The van der Waals surface area contributed by atoms with E-state index >= 15 is 0 Å². The van der Waals surface area contributed by atoms with E-state index in [1.807, 2.05) is 41.3 Å². The zero-order valence-electron chi connectivity index (χ0n) is 19.9. The molecule has 1 saturated heterocycles. The van der Waals surface area contributed by atoms with Gasteiger partial charge in [0.2, 0.25) is 5.91 Å². The van der Waals surface area contributed by atoms with Crippen molar-refractivity contribution in [2.75, 3.05) is 49.2 Å². The van der Waals surface area contributed by atoms with E-state index in [4.69, 9.17) is 4.74 Å². The molecule has 2 amide bonds. The Morgan fingerprint density at radius 1 is 1.06 bits per heavy atom. The quantitative estimate of drug-likeness (QED) is 0.373. The van der Waals surface area contributed by atoms with Crippen molar-refractivity contribution in [1.29, 1.82) is 0 Å². The van der Waals surface area contributed by atoms with Crippen LogP contribution >= 0.6 is 39.0 Å². The molecular formula is C25H27BrN4O4S2. The minimum absolute atomic E-state index is 0.0256. The van der Waals surface area contributed by atoms with Crippen LogP contribution in [-0.2, 0) is 25.7 Å². The molecule has 0 bridgehead atoms. The molecule has 1 aliphatic heterocycles. The average Bonchev–Trinajstić information content (AvgIpc) is 3.20. The van der Waals surface area contributed by atoms with E-state index in [0.29, 0.717) is 17.9 Å². The maximum absolute atomic E-state index is 12.7. The summed E-state index contributed by atoms with van der Waals surface area (Å²) in [7, 11) is 0. The number of hydrogen-bond donors (Lipinski definition) is 0. The van der Waals surface area contributed by atoms with Crippen molar-refractivity contribution in [2.24, 2.45) is 4.99 Å². The van der Waals surface area contributed by atoms with Crippen molar-refractivity contribution in [3.05, 3.63) is 57.8 Å². The fourth-order valence-corrected chi connectivity index (χ4v) is 6.23. The van der Waals surface area contributed by atoms with E-state index in [9.17, 15) is 14.4 Å². The summed E-state index contributed by atoms with van der Waals surface area (Å²) < 4.78 is 8.59. The topological polar surface area (TPSA) is 84.2 Å². The first-order chi connectivity index (χ1) is 17.4. The monoisotopic (exact) mass is 590 g/mol. The second-order valence-electron chi connectivity index (χ2n) is 8.09. The Bertz CT molecular complexity index is 1300. The summed E-state index contributed by atoms with van der Waals surface area (Å²) in [5.74, 6) is -0.377. The molecule has 0 unspecified atom stereocenters. The first-order valence-corrected chi connectivity index (χ1v) is 14.4. The van der Waals surface area contributed by atoms with Crippen LogP contribution in [0, 0.1) is 0 Å². The number of benzene rings is 2. The molecule has 0 saturated carbocycles. The molecule has 3 aromatic rings. The molecule has 1 fully saturated rings. The van der Waals surface area contributed by atoms with Gasteiger partial charge in [-0.3, -0.25) is 14.4 Å². The predicted molar refractivity (Wildman–Crippen MR) is 147 cm³/mol. The fourth-order valence-electron chi connectivity index (χ4n) is 3.93. The zero-order valence-corrected chi connectivity index (χ0v) is 23.1. The molecular weight excluding hydrogens is 564 g/mol. The molecule has 2 aromatic carbocycles. The summed E-state index contributed by atoms with van der Waals surface area (Å²) in [5.41, 5.74) is 1.97. The second-order valence-corrected chi connectivity index (χ2v) is 11.0. The highest BCUT2D eigenvalue weighted by molar-refractivity contribution is 9.10. The SMILES string of the molecule is CCOC(=O)Cn1c(=NC(=O)CSCC(=O)N2CCN(c3ccccc3)CC2)sc2cc(Br)ccc21. The summed E-state index contributed by atoms with van der Waals surface area (Å²) >= 11 is 6.06. The van der Waals surface area contributed by atoms with Crippen LogP contribution in [0.15, 0.2) is 58.0 Å². The number of rotatable bonds is 8. The largest absolute Gasteiger partial charge is 0.465 e. The molecule has 0 atom stereocenters. The van der Waals surface area contributed by atoms with Crippen molar-refractivity contribution in [3.8, 4) is 0 Å². The van der Waals surface area contributed by atoms with Crippen LogP contribution in [0.1, 0.15) is 6.92 Å². The number of fused-ring (bicyclic) bond motifs is 1.